The maximum atomic E-state index is 12.5. The van der Waals surface area contributed by atoms with Crippen molar-refractivity contribution < 1.29 is 8.42 Å². The molecule has 0 spiro atoms. The number of anilines is 1. The Labute approximate surface area is 149 Å². The third kappa shape index (κ3) is 4.04. The van der Waals surface area contributed by atoms with Crippen LogP contribution in [0.3, 0.4) is 0 Å². The Kier molecular flexibility index (Phi) is 4.73. The van der Waals surface area contributed by atoms with Crippen LogP contribution in [0.1, 0.15) is 11.1 Å². The summed E-state index contributed by atoms with van der Waals surface area (Å²) in [4.78, 5) is 0.245. The number of hydrogen-bond acceptors (Lipinski definition) is 3. The molecule has 0 aliphatic heterocycles. The van der Waals surface area contributed by atoms with Crippen molar-refractivity contribution in [2.75, 3.05) is 4.72 Å². The largest absolute Gasteiger partial charge is 0.280 e. The molecule has 0 aliphatic carbocycles. The van der Waals surface area contributed by atoms with Crippen molar-refractivity contribution >= 4 is 31.6 Å². The van der Waals surface area contributed by atoms with Crippen LogP contribution < -0.4 is 4.72 Å². The van der Waals surface area contributed by atoms with E-state index in [1.54, 1.807) is 47.3 Å². The van der Waals surface area contributed by atoms with Crippen molar-refractivity contribution in [1.82, 2.24) is 9.78 Å². The lowest BCUT2D eigenvalue weighted by Crippen LogP contribution is -2.13. The molecule has 0 radical (unpaired) electrons. The molecule has 5 nitrogen and oxygen atoms in total. The second-order valence-electron chi connectivity index (χ2n) is 5.48. The second-order valence-corrected chi connectivity index (χ2v) is 8.07. The highest BCUT2D eigenvalue weighted by Crippen LogP contribution is 2.18. The molecular formula is C17H16BrN3O2S. The first kappa shape index (κ1) is 16.7. The number of sulfonamides is 1. The Morgan fingerprint density at radius 3 is 2.58 bits per heavy atom. The van der Waals surface area contributed by atoms with Gasteiger partial charge in [-0.2, -0.15) is 5.10 Å². The maximum absolute atomic E-state index is 12.5. The first-order valence-corrected chi connectivity index (χ1v) is 9.56. The summed E-state index contributed by atoms with van der Waals surface area (Å²) in [6, 6.07) is 14.0. The van der Waals surface area contributed by atoms with Crippen molar-refractivity contribution in [3.63, 3.8) is 0 Å². The van der Waals surface area contributed by atoms with E-state index in [-0.39, 0.29) is 4.90 Å². The van der Waals surface area contributed by atoms with Crippen LogP contribution in [0.5, 0.6) is 0 Å². The molecule has 0 aliphatic rings. The first-order valence-electron chi connectivity index (χ1n) is 7.29. The van der Waals surface area contributed by atoms with Gasteiger partial charge in [-0.3, -0.25) is 9.40 Å². The summed E-state index contributed by atoms with van der Waals surface area (Å²) < 4.78 is 30.2. The lowest BCUT2D eigenvalue weighted by atomic mass is 10.2. The van der Waals surface area contributed by atoms with Gasteiger partial charge in [-0.1, -0.05) is 29.8 Å². The molecule has 3 aromatic rings. The van der Waals surface area contributed by atoms with Crippen LogP contribution in [-0.2, 0) is 16.6 Å². The molecule has 0 bridgehead atoms. The van der Waals surface area contributed by atoms with Crippen molar-refractivity contribution in [3.05, 3.63) is 76.5 Å². The summed E-state index contributed by atoms with van der Waals surface area (Å²) in [6.45, 7) is 2.48. The number of halogens is 1. The molecule has 0 saturated heterocycles. The minimum absolute atomic E-state index is 0.245. The van der Waals surface area contributed by atoms with Crippen LogP contribution in [0.2, 0.25) is 0 Å². The van der Waals surface area contributed by atoms with Gasteiger partial charge in [0.25, 0.3) is 10.0 Å². The zero-order chi connectivity index (χ0) is 17.2. The Morgan fingerprint density at radius 2 is 1.92 bits per heavy atom. The van der Waals surface area contributed by atoms with Gasteiger partial charge in [0, 0.05) is 11.9 Å². The van der Waals surface area contributed by atoms with Crippen LogP contribution in [0.4, 0.5) is 5.69 Å². The van der Waals surface area contributed by atoms with E-state index in [0.717, 1.165) is 15.6 Å². The third-order valence-electron chi connectivity index (χ3n) is 3.46. The van der Waals surface area contributed by atoms with E-state index in [4.69, 9.17) is 0 Å². The summed E-state index contributed by atoms with van der Waals surface area (Å²) in [7, 11) is -3.60. The van der Waals surface area contributed by atoms with Gasteiger partial charge in [0.1, 0.15) is 0 Å². The maximum Gasteiger partial charge on any atom is 0.261 e. The zero-order valence-electron chi connectivity index (χ0n) is 13.0. The number of rotatable bonds is 5. The van der Waals surface area contributed by atoms with Gasteiger partial charge in [0.05, 0.1) is 22.1 Å². The van der Waals surface area contributed by atoms with E-state index < -0.39 is 10.0 Å². The molecule has 0 atom stereocenters. The van der Waals surface area contributed by atoms with Gasteiger partial charge < -0.3 is 0 Å². The van der Waals surface area contributed by atoms with E-state index >= 15 is 0 Å². The molecule has 0 fully saturated rings. The third-order valence-corrected chi connectivity index (χ3v) is 5.26. The topological polar surface area (TPSA) is 64.0 Å². The van der Waals surface area contributed by atoms with Crippen LogP contribution in [0, 0.1) is 6.92 Å². The van der Waals surface area contributed by atoms with E-state index in [9.17, 15) is 8.42 Å². The van der Waals surface area contributed by atoms with Crippen molar-refractivity contribution in [2.24, 2.45) is 0 Å². The first-order chi connectivity index (χ1) is 11.4. The number of nitrogens with one attached hydrogen (secondary N) is 1. The van der Waals surface area contributed by atoms with Crippen LogP contribution in [-0.4, -0.2) is 18.2 Å². The predicted octanol–water partition coefficient (Wildman–Crippen LogP) is 3.80. The number of nitrogens with zero attached hydrogens (tertiary/aromatic N) is 2. The Balaban J connectivity index is 1.80. The Bertz CT molecular complexity index is 950. The summed E-state index contributed by atoms with van der Waals surface area (Å²) in [5, 5.41) is 4.20. The Morgan fingerprint density at radius 1 is 1.17 bits per heavy atom. The number of aryl methyl sites for hydroxylation is 1. The lowest BCUT2D eigenvalue weighted by Gasteiger charge is -2.10. The quantitative estimate of drug-likeness (QED) is 0.701. The summed E-state index contributed by atoms with van der Waals surface area (Å²) in [5.41, 5.74) is 2.50. The molecule has 0 unspecified atom stereocenters. The Hall–Kier alpha value is -2.12. The van der Waals surface area contributed by atoms with Crippen LogP contribution >= 0.6 is 15.9 Å². The molecule has 1 aromatic heterocycles. The van der Waals surface area contributed by atoms with Gasteiger partial charge in [-0.25, -0.2) is 8.42 Å². The van der Waals surface area contributed by atoms with Crippen LogP contribution in [0.15, 0.2) is 70.3 Å². The van der Waals surface area contributed by atoms with Gasteiger partial charge >= 0.3 is 0 Å². The van der Waals surface area contributed by atoms with Gasteiger partial charge in [-0.15, -0.1) is 0 Å². The fraction of sp³-hybridized carbons (Fsp3) is 0.118. The molecular weight excluding hydrogens is 390 g/mol. The van der Waals surface area contributed by atoms with Gasteiger partial charge in [-0.05, 0) is 52.7 Å². The smallest absolute Gasteiger partial charge is 0.261 e. The van der Waals surface area contributed by atoms with E-state index in [1.807, 2.05) is 25.3 Å². The molecule has 3 rings (SSSR count). The number of aromatic nitrogens is 2. The molecule has 1 N–H and O–H groups in total. The van der Waals surface area contributed by atoms with Crippen molar-refractivity contribution in [1.29, 1.82) is 0 Å². The monoisotopic (exact) mass is 405 g/mol. The van der Waals surface area contributed by atoms with Crippen molar-refractivity contribution in [2.45, 2.75) is 18.4 Å². The average molecular weight is 406 g/mol. The standard InChI is InChI=1S/C17H16BrN3O2S/c1-13-5-7-17(8-6-13)24(22,23)20-16-4-2-3-14(9-16)11-21-12-15(18)10-19-21/h2-10,12,20H,11H2,1H3. The minimum atomic E-state index is -3.60. The minimum Gasteiger partial charge on any atom is -0.280 e. The highest BCUT2D eigenvalue weighted by molar-refractivity contribution is 9.10. The second kappa shape index (κ2) is 6.78. The van der Waals surface area contributed by atoms with E-state index in [1.165, 1.54) is 0 Å². The molecule has 0 saturated carbocycles. The molecule has 1 heterocycles. The lowest BCUT2D eigenvalue weighted by molar-refractivity contribution is 0.601. The van der Waals surface area contributed by atoms with Crippen molar-refractivity contribution in [3.8, 4) is 0 Å². The normalized spacial score (nSPS) is 11.4. The highest BCUT2D eigenvalue weighted by Gasteiger charge is 2.14. The molecule has 24 heavy (non-hydrogen) atoms. The molecule has 0 amide bonds. The molecule has 124 valence electrons. The number of benzene rings is 2. The zero-order valence-corrected chi connectivity index (χ0v) is 15.4. The average Bonchev–Trinajstić information content (AvgIpc) is 2.92. The molecule has 7 heteroatoms. The van der Waals surface area contributed by atoms with E-state index in [2.05, 4.69) is 25.8 Å². The predicted molar refractivity (Wildman–Crippen MR) is 97.5 cm³/mol. The highest BCUT2D eigenvalue weighted by atomic mass is 79.9. The molecule has 2 aromatic carbocycles. The summed E-state index contributed by atoms with van der Waals surface area (Å²) >= 11 is 3.36. The van der Waals surface area contributed by atoms with Gasteiger partial charge in [0.15, 0.2) is 0 Å². The summed E-state index contributed by atoms with van der Waals surface area (Å²) in [6.07, 6.45) is 3.58. The number of hydrogen-bond donors (Lipinski definition) is 1. The van der Waals surface area contributed by atoms with Crippen LogP contribution in [0.25, 0.3) is 0 Å². The van der Waals surface area contributed by atoms with E-state index in [0.29, 0.717) is 12.2 Å². The van der Waals surface area contributed by atoms with Gasteiger partial charge in [0.2, 0.25) is 0 Å². The fourth-order valence-electron chi connectivity index (χ4n) is 2.28. The fourth-order valence-corrected chi connectivity index (χ4v) is 3.65. The summed E-state index contributed by atoms with van der Waals surface area (Å²) in [5.74, 6) is 0. The SMILES string of the molecule is Cc1ccc(S(=O)(=O)Nc2cccc(Cn3cc(Br)cn3)c2)cc1.